The van der Waals surface area contributed by atoms with E-state index in [-0.39, 0.29) is 5.28 Å². The van der Waals surface area contributed by atoms with Gasteiger partial charge in [-0.05, 0) is 24.2 Å². The van der Waals surface area contributed by atoms with Crippen molar-refractivity contribution in [3.8, 4) is 0 Å². The molecule has 2 aromatic rings. The fourth-order valence-corrected chi connectivity index (χ4v) is 1.63. The quantitative estimate of drug-likeness (QED) is 0.764. The van der Waals surface area contributed by atoms with Crippen LogP contribution in [0, 0.1) is 0 Å². The van der Waals surface area contributed by atoms with Crippen molar-refractivity contribution in [2.75, 3.05) is 6.54 Å². The molecule has 3 nitrogen and oxygen atoms in total. The first kappa shape index (κ1) is 9.37. The number of halogens is 1. The fourth-order valence-electron chi connectivity index (χ4n) is 1.44. The molecule has 1 aromatic carbocycles. The number of nitrogens with zero attached hydrogens (tertiary/aromatic N) is 2. The lowest BCUT2D eigenvalue weighted by atomic mass is 10.1. The normalized spacial score (nSPS) is 10.7. The summed E-state index contributed by atoms with van der Waals surface area (Å²) in [6.45, 7) is 0.567. The number of hydrogen-bond donors (Lipinski definition) is 1. The van der Waals surface area contributed by atoms with Gasteiger partial charge in [-0.1, -0.05) is 18.2 Å². The first-order chi connectivity index (χ1) is 6.81. The van der Waals surface area contributed by atoms with Crippen molar-refractivity contribution in [3.63, 3.8) is 0 Å². The van der Waals surface area contributed by atoms with Crippen LogP contribution in [-0.4, -0.2) is 16.5 Å². The predicted octanol–water partition coefficient (Wildman–Crippen LogP) is 1.78. The monoisotopic (exact) mass is 207 g/mol. The molecular weight excluding hydrogens is 198 g/mol. The van der Waals surface area contributed by atoms with Crippen molar-refractivity contribution in [1.29, 1.82) is 0 Å². The minimum absolute atomic E-state index is 0.284. The van der Waals surface area contributed by atoms with Gasteiger partial charge in [-0.3, -0.25) is 0 Å². The molecule has 0 radical (unpaired) electrons. The molecule has 1 heterocycles. The zero-order chi connectivity index (χ0) is 9.97. The van der Waals surface area contributed by atoms with E-state index in [9.17, 15) is 0 Å². The Bertz CT molecular complexity index is 456. The Kier molecular flexibility index (Phi) is 2.61. The van der Waals surface area contributed by atoms with Gasteiger partial charge in [0, 0.05) is 11.8 Å². The standard InChI is InChI=1S/C10H10ClN3/c11-10-13-8-4-2-1-3-7(8)9(14-10)5-6-12/h1-4H,5-6,12H2. The third kappa shape index (κ3) is 1.69. The van der Waals surface area contributed by atoms with Crippen LogP contribution >= 0.6 is 11.6 Å². The Morgan fingerprint density at radius 3 is 2.79 bits per heavy atom. The molecule has 0 atom stereocenters. The minimum Gasteiger partial charge on any atom is -0.330 e. The van der Waals surface area contributed by atoms with Gasteiger partial charge in [-0.15, -0.1) is 0 Å². The van der Waals surface area contributed by atoms with Gasteiger partial charge in [0.05, 0.1) is 11.2 Å². The lowest BCUT2D eigenvalue weighted by molar-refractivity contribution is 0.926. The molecule has 4 heteroatoms. The average molecular weight is 208 g/mol. The van der Waals surface area contributed by atoms with Crippen molar-refractivity contribution in [2.45, 2.75) is 6.42 Å². The Balaban J connectivity index is 2.67. The van der Waals surface area contributed by atoms with Gasteiger partial charge in [0.1, 0.15) is 0 Å². The van der Waals surface area contributed by atoms with Crippen LogP contribution in [0.2, 0.25) is 5.28 Å². The summed E-state index contributed by atoms with van der Waals surface area (Å²) in [4.78, 5) is 8.30. The smallest absolute Gasteiger partial charge is 0.223 e. The molecule has 0 spiro atoms. The van der Waals surface area contributed by atoms with Crippen LogP contribution in [0.5, 0.6) is 0 Å². The van der Waals surface area contributed by atoms with Gasteiger partial charge in [-0.25, -0.2) is 9.97 Å². The maximum absolute atomic E-state index is 5.80. The van der Waals surface area contributed by atoms with Crippen molar-refractivity contribution >= 4 is 22.5 Å². The molecule has 0 aliphatic rings. The summed E-state index contributed by atoms with van der Waals surface area (Å²) in [5.74, 6) is 0. The summed E-state index contributed by atoms with van der Waals surface area (Å²) in [5, 5.41) is 1.31. The molecule has 0 amide bonds. The molecule has 72 valence electrons. The highest BCUT2D eigenvalue weighted by Crippen LogP contribution is 2.17. The molecule has 0 bridgehead atoms. The number of fused-ring (bicyclic) bond motifs is 1. The van der Waals surface area contributed by atoms with Crippen LogP contribution in [0.1, 0.15) is 5.69 Å². The fraction of sp³-hybridized carbons (Fsp3) is 0.200. The maximum Gasteiger partial charge on any atom is 0.223 e. The Morgan fingerprint density at radius 1 is 1.21 bits per heavy atom. The van der Waals surface area contributed by atoms with E-state index >= 15 is 0 Å². The molecular formula is C10H10ClN3. The van der Waals surface area contributed by atoms with Crippen molar-refractivity contribution < 1.29 is 0 Å². The number of rotatable bonds is 2. The van der Waals surface area contributed by atoms with Gasteiger partial charge in [0.25, 0.3) is 0 Å². The van der Waals surface area contributed by atoms with E-state index in [4.69, 9.17) is 17.3 Å². The lowest BCUT2D eigenvalue weighted by Crippen LogP contribution is -2.05. The van der Waals surface area contributed by atoms with E-state index < -0.39 is 0 Å². The summed E-state index contributed by atoms with van der Waals surface area (Å²) in [6, 6.07) is 7.79. The van der Waals surface area contributed by atoms with Gasteiger partial charge >= 0.3 is 0 Å². The second-order valence-corrected chi connectivity index (χ2v) is 3.33. The van der Waals surface area contributed by atoms with E-state index in [1.165, 1.54) is 0 Å². The molecule has 2 rings (SSSR count). The molecule has 14 heavy (non-hydrogen) atoms. The largest absolute Gasteiger partial charge is 0.330 e. The summed E-state index contributed by atoms with van der Waals surface area (Å²) in [7, 11) is 0. The van der Waals surface area contributed by atoms with Crippen LogP contribution in [0.4, 0.5) is 0 Å². The minimum atomic E-state index is 0.284. The van der Waals surface area contributed by atoms with Crippen molar-refractivity contribution in [3.05, 3.63) is 35.2 Å². The highest BCUT2D eigenvalue weighted by atomic mass is 35.5. The molecule has 1 aromatic heterocycles. The average Bonchev–Trinajstić information content (AvgIpc) is 2.18. The number of aromatic nitrogens is 2. The zero-order valence-electron chi connectivity index (χ0n) is 7.57. The first-order valence-electron chi connectivity index (χ1n) is 4.42. The van der Waals surface area contributed by atoms with Crippen molar-refractivity contribution in [1.82, 2.24) is 9.97 Å². The van der Waals surface area contributed by atoms with Gasteiger partial charge in [0.2, 0.25) is 5.28 Å². The summed E-state index contributed by atoms with van der Waals surface area (Å²) < 4.78 is 0. The third-order valence-corrected chi connectivity index (χ3v) is 2.21. The van der Waals surface area contributed by atoms with E-state index in [0.717, 1.165) is 23.0 Å². The van der Waals surface area contributed by atoms with Crippen LogP contribution in [0.25, 0.3) is 10.9 Å². The number of nitrogens with two attached hydrogens (primary N) is 1. The summed E-state index contributed by atoms with van der Waals surface area (Å²) in [5.41, 5.74) is 7.29. The molecule has 2 N–H and O–H groups in total. The van der Waals surface area contributed by atoms with E-state index in [1.54, 1.807) is 0 Å². The highest BCUT2D eigenvalue weighted by Gasteiger charge is 2.04. The molecule has 0 fully saturated rings. The predicted molar refractivity (Wildman–Crippen MR) is 57.3 cm³/mol. The first-order valence-corrected chi connectivity index (χ1v) is 4.80. The maximum atomic E-state index is 5.80. The molecule has 0 aliphatic heterocycles. The summed E-state index contributed by atoms with van der Waals surface area (Å²) in [6.07, 6.45) is 0.725. The van der Waals surface area contributed by atoms with Crippen LogP contribution in [0.15, 0.2) is 24.3 Å². The van der Waals surface area contributed by atoms with Gasteiger partial charge < -0.3 is 5.73 Å². The van der Waals surface area contributed by atoms with Crippen LogP contribution in [-0.2, 0) is 6.42 Å². The van der Waals surface area contributed by atoms with Crippen molar-refractivity contribution in [2.24, 2.45) is 5.73 Å². The Labute approximate surface area is 86.9 Å². The Morgan fingerprint density at radius 2 is 2.00 bits per heavy atom. The second kappa shape index (κ2) is 3.90. The van der Waals surface area contributed by atoms with Crippen LogP contribution < -0.4 is 5.73 Å². The van der Waals surface area contributed by atoms with Gasteiger partial charge in [0.15, 0.2) is 0 Å². The lowest BCUT2D eigenvalue weighted by Gasteiger charge is -2.03. The molecule has 0 saturated heterocycles. The third-order valence-electron chi connectivity index (χ3n) is 2.04. The SMILES string of the molecule is NCCc1nc(Cl)nc2ccccc12. The van der Waals surface area contributed by atoms with E-state index in [1.807, 2.05) is 24.3 Å². The Hall–Kier alpha value is -1.19. The summed E-state index contributed by atoms with van der Waals surface area (Å²) >= 11 is 5.80. The molecule has 0 saturated carbocycles. The topological polar surface area (TPSA) is 51.8 Å². The van der Waals surface area contributed by atoms with E-state index in [2.05, 4.69) is 9.97 Å². The van der Waals surface area contributed by atoms with E-state index in [0.29, 0.717) is 6.54 Å². The molecule has 0 unspecified atom stereocenters. The van der Waals surface area contributed by atoms with Gasteiger partial charge in [-0.2, -0.15) is 0 Å². The number of para-hydroxylation sites is 1. The number of benzene rings is 1. The van der Waals surface area contributed by atoms with Crippen LogP contribution in [0.3, 0.4) is 0 Å². The second-order valence-electron chi connectivity index (χ2n) is 3.00. The molecule has 0 aliphatic carbocycles. The zero-order valence-corrected chi connectivity index (χ0v) is 8.33. The number of hydrogen-bond acceptors (Lipinski definition) is 3. The highest BCUT2D eigenvalue weighted by molar-refractivity contribution is 6.28.